The van der Waals surface area contributed by atoms with Crippen LogP contribution in [-0.2, 0) is 10.8 Å². The van der Waals surface area contributed by atoms with Gasteiger partial charge in [-0.2, -0.15) is 0 Å². The number of fused-ring (bicyclic) bond motifs is 7. The predicted octanol–water partition coefficient (Wildman–Crippen LogP) is 15.6. The van der Waals surface area contributed by atoms with Gasteiger partial charge in [-0.05, 0) is 102 Å². The average molecular weight is 733 g/mol. The van der Waals surface area contributed by atoms with Crippen molar-refractivity contribution in [2.45, 2.75) is 66.2 Å². The number of para-hydroxylation sites is 3. The zero-order valence-electron chi connectivity index (χ0n) is 33.6. The highest BCUT2D eigenvalue weighted by Gasteiger charge is 2.27. The maximum atomic E-state index is 7.00. The fourth-order valence-electron chi connectivity index (χ4n) is 8.12. The molecule has 0 fully saturated rings. The summed E-state index contributed by atoms with van der Waals surface area (Å²) in [6, 6.07) is 52.2. The van der Waals surface area contributed by atoms with Crippen LogP contribution in [0.2, 0.25) is 0 Å². The Bertz CT molecular complexity index is 2900. The summed E-state index contributed by atoms with van der Waals surface area (Å²) in [6.45, 7) is 17.9. The minimum Gasteiger partial charge on any atom is -0.456 e. The topological polar surface area (TPSA) is 32.8 Å². The van der Waals surface area contributed by atoms with Gasteiger partial charge in [0.1, 0.15) is 16.7 Å². The zero-order chi connectivity index (χ0) is 38.9. The van der Waals surface area contributed by atoms with Crippen LogP contribution < -0.4 is 9.80 Å². The zero-order valence-corrected chi connectivity index (χ0v) is 33.6. The van der Waals surface area contributed by atoms with Gasteiger partial charge in [-0.1, -0.05) is 120 Å². The van der Waals surface area contributed by atoms with Crippen molar-refractivity contribution in [2.24, 2.45) is 0 Å². The van der Waals surface area contributed by atoms with E-state index in [1.54, 1.807) is 0 Å². The van der Waals surface area contributed by atoms with Crippen molar-refractivity contribution >= 4 is 78.0 Å². The summed E-state index contributed by atoms with van der Waals surface area (Å²) >= 11 is 0. The highest BCUT2D eigenvalue weighted by Crippen LogP contribution is 2.49. The maximum absolute atomic E-state index is 7.00. The van der Waals surface area contributed by atoms with E-state index in [4.69, 9.17) is 8.83 Å². The minimum absolute atomic E-state index is 0.0364. The molecule has 0 spiro atoms. The Morgan fingerprint density at radius 2 is 0.893 bits per heavy atom. The van der Waals surface area contributed by atoms with Gasteiger partial charge in [0.15, 0.2) is 5.58 Å². The first-order valence-electron chi connectivity index (χ1n) is 19.6. The molecule has 0 radical (unpaired) electrons. The van der Waals surface area contributed by atoms with Gasteiger partial charge in [0.25, 0.3) is 0 Å². The van der Waals surface area contributed by atoms with Crippen molar-refractivity contribution in [1.82, 2.24) is 0 Å². The lowest BCUT2D eigenvalue weighted by Gasteiger charge is -2.28. The Hall–Kier alpha value is -6.26. The number of aryl methyl sites for hydroxylation is 2. The Morgan fingerprint density at radius 1 is 0.393 bits per heavy atom. The number of hydrogen-bond acceptors (Lipinski definition) is 4. The standard InChI is InChI=1S/C52H48N2O2/c1-33-15-9-12-18-42(33)53(37-25-21-35(22-26-37)51(3,4)5)39-29-30-41-46(31-39)55-47-32-44(50-49(48(41)47)40-17-11-14-20-45(40)56-50)54(43-19-13-10-16-34(43)2)38-27-23-36(24-28-38)52(6,7)8/h9-32H,1-8H3. The van der Waals surface area contributed by atoms with Crippen molar-refractivity contribution in [3.63, 3.8) is 0 Å². The molecule has 0 N–H and O–H groups in total. The van der Waals surface area contributed by atoms with Crippen molar-refractivity contribution in [3.8, 4) is 0 Å². The molecule has 4 heteroatoms. The smallest absolute Gasteiger partial charge is 0.160 e. The van der Waals surface area contributed by atoms with E-state index in [0.29, 0.717) is 0 Å². The van der Waals surface area contributed by atoms with Crippen LogP contribution in [0.4, 0.5) is 34.1 Å². The van der Waals surface area contributed by atoms with Crippen LogP contribution in [0.25, 0.3) is 43.9 Å². The van der Waals surface area contributed by atoms with Crippen molar-refractivity contribution in [1.29, 1.82) is 0 Å². The molecule has 2 aromatic heterocycles. The minimum atomic E-state index is 0.0364. The van der Waals surface area contributed by atoms with E-state index >= 15 is 0 Å². The number of furan rings is 2. The molecule has 0 aliphatic carbocycles. The molecule has 0 amide bonds. The fraction of sp³-hybridized carbons (Fsp3) is 0.192. The first kappa shape index (κ1) is 35.4. The van der Waals surface area contributed by atoms with Crippen LogP contribution in [0.15, 0.2) is 154 Å². The first-order chi connectivity index (χ1) is 26.9. The van der Waals surface area contributed by atoms with Gasteiger partial charge in [-0.3, -0.25) is 0 Å². The number of benzene rings is 7. The Kier molecular flexibility index (Phi) is 8.35. The molecule has 9 rings (SSSR count). The van der Waals surface area contributed by atoms with E-state index in [9.17, 15) is 0 Å². The van der Waals surface area contributed by atoms with Gasteiger partial charge in [0.2, 0.25) is 0 Å². The summed E-state index contributed by atoms with van der Waals surface area (Å²) in [5.41, 5.74) is 14.7. The molecular formula is C52H48N2O2. The van der Waals surface area contributed by atoms with E-state index in [-0.39, 0.29) is 10.8 Å². The van der Waals surface area contributed by atoms with Crippen LogP contribution in [0.3, 0.4) is 0 Å². The second-order valence-electron chi connectivity index (χ2n) is 17.2. The molecule has 0 saturated heterocycles. The molecule has 0 atom stereocenters. The lowest BCUT2D eigenvalue weighted by molar-refractivity contribution is 0.590. The Labute approximate surface area is 329 Å². The van der Waals surface area contributed by atoms with Gasteiger partial charge >= 0.3 is 0 Å². The molecular weight excluding hydrogens is 685 g/mol. The quantitative estimate of drug-likeness (QED) is 0.170. The van der Waals surface area contributed by atoms with E-state index in [0.717, 1.165) is 83.6 Å². The van der Waals surface area contributed by atoms with Crippen LogP contribution >= 0.6 is 0 Å². The summed E-state index contributed by atoms with van der Waals surface area (Å²) in [7, 11) is 0. The summed E-state index contributed by atoms with van der Waals surface area (Å²) in [4.78, 5) is 4.66. The highest BCUT2D eigenvalue weighted by molar-refractivity contribution is 6.28. The molecule has 0 aliphatic rings. The molecule has 2 heterocycles. The first-order valence-corrected chi connectivity index (χ1v) is 19.6. The molecule has 278 valence electrons. The van der Waals surface area contributed by atoms with Crippen molar-refractivity contribution in [2.75, 3.05) is 9.80 Å². The molecule has 0 saturated carbocycles. The lowest BCUT2D eigenvalue weighted by atomic mass is 9.87. The summed E-state index contributed by atoms with van der Waals surface area (Å²) < 4.78 is 13.9. The van der Waals surface area contributed by atoms with Crippen LogP contribution in [0, 0.1) is 13.8 Å². The van der Waals surface area contributed by atoms with Gasteiger partial charge in [-0.25, -0.2) is 0 Å². The molecule has 4 nitrogen and oxygen atoms in total. The van der Waals surface area contributed by atoms with E-state index in [1.807, 2.05) is 6.07 Å². The van der Waals surface area contributed by atoms with Gasteiger partial charge in [-0.15, -0.1) is 0 Å². The van der Waals surface area contributed by atoms with E-state index in [2.05, 4.69) is 205 Å². The molecule has 0 aliphatic heterocycles. The third-order valence-corrected chi connectivity index (χ3v) is 11.2. The molecule has 9 aromatic rings. The maximum Gasteiger partial charge on any atom is 0.160 e. The van der Waals surface area contributed by atoms with Crippen LogP contribution in [0.1, 0.15) is 63.8 Å². The normalized spacial score (nSPS) is 12.3. The van der Waals surface area contributed by atoms with Crippen molar-refractivity contribution in [3.05, 3.63) is 168 Å². The number of anilines is 6. The Morgan fingerprint density at radius 3 is 1.48 bits per heavy atom. The molecule has 0 unspecified atom stereocenters. The SMILES string of the molecule is Cc1ccccc1N(c1ccc(C(C)(C)C)cc1)c1ccc2c(c1)oc1cc(N(c3ccc(C(C)(C)C)cc3)c3ccccc3C)c3oc4ccccc4c3c12. The van der Waals surface area contributed by atoms with Gasteiger partial charge < -0.3 is 18.6 Å². The van der Waals surface area contributed by atoms with Gasteiger partial charge in [0, 0.05) is 62.1 Å². The third kappa shape index (κ3) is 6.01. The largest absolute Gasteiger partial charge is 0.456 e. The van der Waals surface area contributed by atoms with Gasteiger partial charge in [0.05, 0.1) is 5.69 Å². The van der Waals surface area contributed by atoms with E-state index in [1.165, 1.54) is 16.7 Å². The van der Waals surface area contributed by atoms with Crippen LogP contribution in [0.5, 0.6) is 0 Å². The molecule has 7 aromatic carbocycles. The summed E-state index contributed by atoms with van der Waals surface area (Å²) in [5.74, 6) is 0. The monoisotopic (exact) mass is 732 g/mol. The van der Waals surface area contributed by atoms with Crippen LogP contribution in [-0.4, -0.2) is 0 Å². The third-order valence-electron chi connectivity index (χ3n) is 11.2. The molecule has 0 bridgehead atoms. The second kappa shape index (κ2) is 13.2. The highest BCUT2D eigenvalue weighted by atomic mass is 16.3. The molecule has 56 heavy (non-hydrogen) atoms. The second-order valence-corrected chi connectivity index (χ2v) is 17.2. The number of rotatable bonds is 6. The predicted molar refractivity (Wildman–Crippen MR) is 237 cm³/mol. The summed E-state index contributed by atoms with van der Waals surface area (Å²) in [5, 5.41) is 4.23. The van der Waals surface area contributed by atoms with E-state index < -0.39 is 0 Å². The van der Waals surface area contributed by atoms with Crippen molar-refractivity contribution < 1.29 is 8.83 Å². The lowest BCUT2D eigenvalue weighted by Crippen LogP contribution is -2.14. The fourth-order valence-corrected chi connectivity index (χ4v) is 8.12. The number of nitrogens with zero attached hydrogens (tertiary/aromatic N) is 2. The number of hydrogen-bond donors (Lipinski definition) is 0. The Balaban J connectivity index is 1.30. The average Bonchev–Trinajstić information content (AvgIpc) is 3.74. The summed E-state index contributed by atoms with van der Waals surface area (Å²) in [6.07, 6.45) is 0.